The van der Waals surface area contributed by atoms with E-state index in [2.05, 4.69) is 15.7 Å². The third-order valence-electron chi connectivity index (χ3n) is 3.76. The maximum atomic E-state index is 12.0. The monoisotopic (exact) mass is 320 g/mol. The molecule has 5 heteroatoms. The van der Waals surface area contributed by atoms with Gasteiger partial charge in [0.05, 0.1) is 5.69 Å². The van der Waals surface area contributed by atoms with Crippen LogP contribution in [0.15, 0.2) is 60.7 Å². The minimum Gasteiger partial charge on any atom is -0.334 e. The first-order chi connectivity index (χ1) is 11.6. The molecule has 24 heavy (non-hydrogen) atoms. The number of hydrogen-bond acceptors (Lipinski definition) is 2. The summed E-state index contributed by atoms with van der Waals surface area (Å²) in [6.07, 6.45) is 0. The summed E-state index contributed by atoms with van der Waals surface area (Å²) >= 11 is 0. The van der Waals surface area contributed by atoms with Gasteiger partial charge in [-0.2, -0.15) is 5.10 Å². The third kappa shape index (κ3) is 3.81. The van der Waals surface area contributed by atoms with Crippen LogP contribution in [-0.2, 0) is 13.6 Å². The van der Waals surface area contributed by atoms with Crippen LogP contribution in [0.25, 0.3) is 11.3 Å². The average molecular weight is 320 g/mol. The van der Waals surface area contributed by atoms with E-state index in [4.69, 9.17) is 0 Å². The van der Waals surface area contributed by atoms with Gasteiger partial charge in [0, 0.05) is 19.7 Å². The number of carbonyl (C=O) groups is 1. The van der Waals surface area contributed by atoms with Crippen molar-refractivity contribution in [1.82, 2.24) is 15.1 Å². The van der Waals surface area contributed by atoms with Crippen LogP contribution in [0.4, 0.5) is 10.6 Å². The molecule has 0 spiro atoms. The molecule has 0 saturated heterocycles. The van der Waals surface area contributed by atoms with Gasteiger partial charge in [-0.25, -0.2) is 4.79 Å². The molecular formula is C19H20N4O. The summed E-state index contributed by atoms with van der Waals surface area (Å²) in [6.45, 7) is 2.51. The molecule has 5 nitrogen and oxygen atoms in total. The fraction of sp³-hybridized carbons (Fsp3) is 0.158. The maximum absolute atomic E-state index is 12.0. The lowest BCUT2D eigenvalue weighted by molar-refractivity contribution is 0.251. The minimum absolute atomic E-state index is 0.270. The third-order valence-corrected chi connectivity index (χ3v) is 3.76. The Hall–Kier alpha value is -3.08. The van der Waals surface area contributed by atoms with Crippen molar-refractivity contribution in [1.29, 1.82) is 0 Å². The molecule has 0 radical (unpaired) electrons. The molecule has 1 heterocycles. The Morgan fingerprint density at radius 1 is 1.08 bits per heavy atom. The van der Waals surface area contributed by atoms with E-state index in [0.29, 0.717) is 12.4 Å². The fourth-order valence-electron chi connectivity index (χ4n) is 2.46. The first kappa shape index (κ1) is 15.8. The molecule has 0 unspecified atom stereocenters. The lowest BCUT2D eigenvalue weighted by Crippen LogP contribution is -2.28. The van der Waals surface area contributed by atoms with Crippen LogP contribution in [0.3, 0.4) is 0 Å². The number of hydrogen-bond donors (Lipinski definition) is 2. The van der Waals surface area contributed by atoms with Crippen LogP contribution in [0.2, 0.25) is 0 Å². The predicted octanol–water partition coefficient (Wildman–Crippen LogP) is 3.72. The van der Waals surface area contributed by atoms with Gasteiger partial charge in [0.25, 0.3) is 0 Å². The highest BCUT2D eigenvalue weighted by molar-refractivity contribution is 5.88. The summed E-state index contributed by atoms with van der Waals surface area (Å²) in [5.41, 5.74) is 4.26. The number of rotatable bonds is 4. The molecule has 122 valence electrons. The molecule has 0 aliphatic carbocycles. The highest BCUT2D eigenvalue weighted by Crippen LogP contribution is 2.21. The fourth-order valence-corrected chi connectivity index (χ4v) is 2.46. The quantitative estimate of drug-likeness (QED) is 0.770. The van der Waals surface area contributed by atoms with E-state index in [1.165, 1.54) is 5.56 Å². The Morgan fingerprint density at radius 2 is 1.79 bits per heavy atom. The summed E-state index contributed by atoms with van der Waals surface area (Å²) in [4.78, 5) is 12.0. The number of carbonyl (C=O) groups excluding carboxylic acids is 1. The Labute approximate surface area is 141 Å². The van der Waals surface area contributed by atoms with Crippen LogP contribution in [-0.4, -0.2) is 15.8 Å². The lowest BCUT2D eigenvalue weighted by Gasteiger charge is -2.05. The van der Waals surface area contributed by atoms with E-state index in [1.54, 1.807) is 4.68 Å². The van der Waals surface area contributed by atoms with Crippen LogP contribution >= 0.6 is 0 Å². The number of urea groups is 1. The first-order valence-corrected chi connectivity index (χ1v) is 7.82. The summed E-state index contributed by atoms with van der Waals surface area (Å²) < 4.78 is 1.75. The zero-order valence-corrected chi connectivity index (χ0v) is 13.8. The summed E-state index contributed by atoms with van der Waals surface area (Å²) in [7, 11) is 1.86. The maximum Gasteiger partial charge on any atom is 0.320 e. The van der Waals surface area contributed by atoms with Crippen molar-refractivity contribution in [2.45, 2.75) is 13.5 Å². The second-order valence-electron chi connectivity index (χ2n) is 5.70. The molecule has 0 fully saturated rings. The normalized spacial score (nSPS) is 10.4. The van der Waals surface area contributed by atoms with Gasteiger partial charge in [0.1, 0.15) is 0 Å². The minimum atomic E-state index is -0.270. The van der Waals surface area contributed by atoms with Crippen molar-refractivity contribution < 1.29 is 4.79 Å². The highest BCUT2D eigenvalue weighted by atomic mass is 16.2. The molecular weight excluding hydrogens is 300 g/mol. The van der Waals surface area contributed by atoms with Crippen LogP contribution in [0, 0.1) is 6.92 Å². The Morgan fingerprint density at radius 3 is 2.50 bits per heavy atom. The number of nitrogens with one attached hydrogen (secondary N) is 2. The van der Waals surface area contributed by atoms with Gasteiger partial charge >= 0.3 is 6.03 Å². The zero-order chi connectivity index (χ0) is 16.9. The summed E-state index contributed by atoms with van der Waals surface area (Å²) in [5, 5.41) is 9.95. The smallest absolute Gasteiger partial charge is 0.320 e. The molecule has 1 aromatic heterocycles. The van der Waals surface area contributed by atoms with Crippen molar-refractivity contribution in [3.05, 3.63) is 71.8 Å². The van der Waals surface area contributed by atoms with Gasteiger partial charge < -0.3 is 5.32 Å². The van der Waals surface area contributed by atoms with Gasteiger partial charge in [0.15, 0.2) is 5.82 Å². The predicted molar refractivity (Wildman–Crippen MR) is 95.7 cm³/mol. The van der Waals surface area contributed by atoms with E-state index in [-0.39, 0.29) is 6.03 Å². The van der Waals surface area contributed by atoms with E-state index >= 15 is 0 Å². The SMILES string of the molecule is Cc1ccc(CNC(=O)Nc2cc(-c3ccccc3)n(C)n2)cc1. The Balaban J connectivity index is 1.61. The number of anilines is 1. The van der Waals surface area contributed by atoms with Gasteiger partial charge in [-0.1, -0.05) is 60.2 Å². The molecule has 3 aromatic rings. The van der Waals surface area contributed by atoms with Crippen LogP contribution in [0.1, 0.15) is 11.1 Å². The molecule has 0 saturated carbocycles. The van der Waals surface area contributed by atoms with Gasteiger partial charge in [-0.15, -0.1) is 0 Å². The Kier molecular flexibility index (Phi) is 4.61. The van der Waals surface area contributed by atoms with E-state index in [1.807, 2.05) is 74.6 Å². The number of aryl methyl sites for hydroxylation is 2. The molecule has 2 amide bonds. The number of benzene rings is 2. The topological polar surface area (TPSA) is 59.0 Å². The number of aromatic nitrogens is 2. The second-order valence-corrected chi connectivity index (χ2v) is 5.70. The van der Waals surface area contributed by atoms with Crippen molar-refractivity contribution in [3.63, 3.8) is 0 Å². The number of nitrogens with zero attached hydrogens (tertiary/aromatic N) is 2. The molecule has 2 N–H and O–H groups in total. The van der Waals surface area contributed by atoms with Gasteiger partial charge in [-0.05, 0) is 18.1 Å². The number of amides is 2. The molecule has 0 aliphatic rings. The summed E-state index contributed by atoms with van der Waals surface area (Å²) in [6, 6.07) is 19.6. The Bertz CT molecular complexity index is 822. The molecule has 3 rings (SSSR count). The standard InChI is InChI=1S/C19H20N4O/c1-14-8-10-15(11-9-14)13-20-19(24)21-18-12-17(23(2)22-18)16-6-4-3-5-7-16/h3-12H,13H2,1-2H3,(H2,20,21,22,24). The van der Waals surface area contributed by atoms with Crippen molar-refractivity contribution in [2.24, 2.45) is 7.05 Å². The van der Waals surface area contributed by atoms with E-state index in [9.17, 15) is 4.79 Å². The largest absolute Gasteiger partial charge is 0.334 e. The van der Waals surface area contributed by atoms with Gasteiger partial charge in [0.2, 0.25) is 0 Å². The van der Waals surface area contributed by atoms with Crippen molar-refractivity contribution in [3.8, 4) is 11.3 Å². The molecule has 2 aromatic carbocycles. The summed E-state index contributed by atoms with van der Waals surface area (Å²) in [5.74, 6) is 0.526. The van der Waals surface area contributed by atoms with Crippen molar-refractivity contribution in [2.75, 3.05) is 5.32 Å². The highest BCUT2D eigenvalue weighted by Gasteiger charge is 2.09. The van der Waals surface area contributed by atoms with Crippen molar-refractivity contribution >= 4 is 11.8 Å². The molecule has 0 atom stereocenters. The van der Waals surface area contributed by atoms with E-state index in [0.717, 1.165) is 16.8 Å². The van der Waals surface area contributed by atoms with Gasteiger partial charge in [-0.3, -0.25) is 10.00 Å². The van der Waals surface area contributed by atoms with Crippen LogP contribution in [0.5, 0.6) is 0 Å². The van der Waals surface area contributed by atoms with Crippen LogP contribution < -0.4 is 10.6 Å². The zero-order valence-electron chi connectivity index (χ0n) is 13.8. The average Bonchev–Trinajstić information content (AvgIpc) is 2.95. The van der Waals surface area contributed by atoms with E-state index < -0.39 is 0 Å². The molecule has 0 aliphatic heterocycles. The lowest BCUT2D eigenvalue weighted by atomic mass is 10.1. The second kappa shape index (κ2) is 7.00. The molecule has 0 bridgehead atoms. The first-order valence-electron chi connectivity index (χ1n) is 7.82.